The van der Waals surface area contributed by atoms with Gasteiger partial charge < -0.3 is 19.9 Å². The van der Waals surface area contributed by atoms with Crippen molar-refractivity contribution in [3.05, 3.63) is 89.5 Å². The monoisotopic (exact) mass is 349 g/mol. The lowest BCUT2D eigenvalue weighted by Crippen LogP contribution is -2.42. The molecule has 0 bridgehead atoms. The third-order valence-electron chi connectivity index (χ3n) is 4.72. The van der Waals surface area contributed by atoms with Crippen LogP contribution in [0.25, 0.3) is 0 Å². The average Bonchev–Trinajstić information content (AvgIpc) is 2.71. The van der Waals surface area contributed by atoms with Gasteiger partial charge in [0.25, 0.3) is 0 Å². The fourth-order valence-electron chi connectivity index (χ4n) is 3.33. The van der Waals surface area contributed by atoms with Gasteiger partial charge in [0.2, 0.25) is 0 Å². The highest BCUT2D eigenvalue weighted by molar-refractivity contribution is 5.52. The van der Waals surface area contributed by atoms with E-state index in [4.69, 9.17) is 9.47 Å². The number of nitrogens with one attached hydrogen (secondary N) is 1. The van der Waals surface area contributed by atoms with Crippen molar-refractivity contribution in [2.45, 2.75) is 5.54 Å². The van der Waals surface area contributed by atoms with Crippen LogP contribution in [0.1, 0.15) is 16.7 Å². The van der Waals surface area contributed by atoms with E-state index in [1.54, 1.807) is 26.4 Å². The molecule has 0 saturated heterocycles. The average molecular weight is 349 g/mol. The highest BCUT2D eigenvalue weighted by Crippen LogP contribution is 2.38. The molecule has 4 nitrogen and oxygen atoms in total. The van der Waals surface area contributed by atoms with Gasteiger partial charge in [-0.15, -0.1) is 0 Å². The fourth-order valence-corrected chi connectivity index (χ4v) is 3.33. The highest BCUT2D eigenvalue weighted by atomic mass is 16.5. The first-order chi connectivity index (χ1) is 12.6. The van der Waals surface area contributed by atoms with E-state index < -0.39 is 5.54 Å². The van der Waals surface area contributed by atoms with Crippen LogP contribution in [0.2, 0.25) is 0 Å². The number of methoxy groups -OCH3 is 2. The lowest BCUT2D eigenvalue weighted by Gasteiger charge is -2.36. The molecule has 0 spiro atoms. The highest BCUT2D eigenvalue weighted by Gasteiger charge is 2.34. The van der Waals surface area contributed by atoms with Crippen molar-refractivity contribution >= 4 is 0 Å². The van der Waals surface area contributed by atoms with Gasteiger partial charge in [-0.05, 0) is 60.1 Å². The predicted octanol–water partition coefficient (Wildman–Crippen LogP) is 3.92. The molecular formula is C22H23NO3. The van der Waals surface area contributed by atoms with Gasteiger partial charge in [-0.25, -0.2) is 0 Å². The van der Waals surface area contributed by atoms with Gasteiger partial charge in [-0.2, -0.15) is 0 Å². The second-order valence-electron chi connectivity index (χ2n) is 6.00. The Hall–Kier alpha value is -2.98. The summed E-state index contributed by atoms with van der Waals surface area (Å²) < 4.78 is 10.6. The number of phenols is 1. The Morgan fingerprint density at radius 3 is 1.31 bits per heavy atom. The molecule has 0 amide bonds. The molecule has 3 aromatic carbocycles. The zero-order valence-corrected chi connectivity index (χ0v) is 15.2. The quantitative estimate of drug-likeness (QED) is 0.662. The van der Waals surface area contributed by atoms with Gasteiger partial charge >= 0.3 is 0 Å². The van der Waals surface area contributed by atoms with E-state index in [-0.39, 0.29) is 5.75 Å². The Bertz CT molecular complexity index is 793. The predicted molar refractivity (Wildman–Crippen MR) is 103 cm³/mol. The molecule has 0 saturated carbocycles. The van der Waals surface area contributed by atoms with Crippen molar-refractivity contribution in [1.29, 1.82) is 0 Å². The normalized spacial score (nSPS) is 11.2. The maximum absolute atomic E-state index is 9.72. The Morgan fingerprint density at radius 2 is 1.00 bits per heavy atom. The minimum absolute atomic E-state index is 0.239. The van der Waals surface area contributed by atoms with Crippen molar-refractivity contribution in [1.82, 2.24) is 5.32 Å². The van der Waals surface area contributed by atoms with Crippen molar-refractivity contribution < 1.29 is 14.6 Å². The van der Waals surface area contributed by atoms with Crippen LogP contribution in [0.4, 0.5) is 0 Å². The molecule has 2 N–H and O–H groups in total. The van der Waals surface area contributed by atoms with Crippen LogP contribution >= 0.6 is 0 Å². The number of hydrogen-bond acceptors (Lipinski definition) is 4. The zero-order valence-electron chi connectivity index (χ0n) is 15.2. The third kappa shape index (κ3) is 3.11. The van der Waals surface area contributed by atoms with Crippen LogP contribution in [0.15, 0.2) is 72.8 Å². The third-order valence-corrected chi connectivity index (χ3v) is 4.72. The molecule has 0 atom stereocenters. The lowest BCUT2D eigenvalue weighted by atomic mass is 9.77. The molecule has 0 aliphatic heterocycles. The molecule has 134 valence electrons. The van der Waals surface area contributed by atoms with E-state index in [1.807, 2.05) is 67.7 Å². The zero-order chi connectivity index (χ0) is 18.6. The summed E-state index contributed by atoms with van der Waals surface area (Å²) in [5, 5.41) is 13.2. The van der Waals surface area contributed by atoms with Crippen molar-refractivity contribution in [3.63, 3.8) is 0 Å². The van der Waals surface area contributed by atoms with E-state index >= 15 is 0 Å². The maximum atomic E-state index is 9.72. The van der Waals surface area contributed by atoms with Gasteiger partial charge in [-0.1, -0.05) is 36.4 Å². The summed E-state index contributed by atoms with van der Waals surface area (Å²) in [6.07, 6.45) is 0. The Morgan fingerprint density at radius 1 is 0.654 bits per heavy atom. The van der Waals surface area contributed by atoms with Crippen molar-refractivity contribution in [2.24, 2.45) is 0 Å². The van der Waals surface area contributed by atoms with E-state index in [1.165, 1.54) is 0 Å². The second-order valence-corrected chi connectivity index (χ2v) is 6.00. The van der Waals surface area contributed by atoms with Gasteiger partial charge in [0, 0.05) is 0 Å². The molecule has 0 radical (unpaired) electrons. The lowest BCUT2D eigenvalue weighted by molar-refractivity contribution is 0.413. The summed E-state index contributed by atoms with van der Waals surface area (Å²) in [5.41, 5.74) is 2.58. The van der Waals surface area contributed by atoms with Crippen LogP contribution in [0.3, 0.4) is 0 Å². The van der Waals surface area contributed by atoms with Gasteiger partial charge in [0.15, 0.2) is 0 Å². The van der Waals surface area contributed by atoms with Crippen LogP contribution in [-0.2, 0) is 5.54 Å². The Kier molecular flexibility index (Phi) is 5.14. The van der Waals surface area contributed by atoms with E-state index in [0.29, 0.717) is 0 Å². The summed E-state index contributed by atoms with van der Waals surface area (Å²) in [4.78, 5) is 0. The Labute approximate surface area is 154 Å². The van der Waals surface area contributed by atoms with Crippen molar-refractivity contribution in [3.8, 4) is 17.2 Å². The first-order valence-electron chi connectivity index (χ1n) is 8.41. The number of benzene rings is 3. The minimum atomic E-state index is -0.577. The minimum Gasteiger partial charge on any atom is -0.508 e. The first kappa shape index (κ1) is 17.8. The first-order valence-corrected chi connectivity index (χ1v) is 8.41. The summed E-state index contributed by atoms with van der Waals surface area (Å²) in [6, 6.07) is 23.3. The number of hydrogen-bond donors (Lipinski definition) is 2. The van der Waals surface area contributed by atoms with E-state index in [2.05, 4.69) is 5.32 Å². The molecule has 0 heterocycles. The molecule has 0 fully saturated rings. The smallest absolute Gasteiger partial charge is 0.118 e. The molecule has 0 aromatic heterocycles. The summed E-state index contributed by atoms with van der Waals surface area (Å²) in [6.45, 7) is 0. The van der Waals surface area contributed by atoms with Gasteiger partial charge in [0.1, 0.15) is 17.2 Å². The summed E-state index contributed by atoms with van der Waals surface area (Å²) in [5.74, 6) is 1.85. The number of phenolic OH excluding ortho intramolecular Hbond substituents is 1. The van der Waals surface area contributed by atoms with Crippen LogP contribution in [0.5, 0.6) is 17.2 Å². The van der Waals surface area contributed by atoms with Crippen molar-refractivity contribution in [2.75, 3.05) is 21.3 Å². The van der Waals surface area contributed by atoms with Crippen LogP contribution in [0, 0.1) is 0 Å². The SMILES string of the molecule is CNC(c1ccc(O)cc1)(c1ccc(OC)cc1)c1ccc(OC)cc1. The van der Waals surface area contributed by atoms with Gasteiger partial charge in [-0.3, -0.25) is 0 Å². The fraction of sp³-hybridized carbons (Fsp3) is 0.182. The van der Waals surface area contributed by atoms with E-state index in [9.17, 15) is 5.11 Å². The molecule has 0 aliphatic carbocycles. The number of rotatable bonds is 6. The van der Waals surface area contributed by atoms with Crippen LogP contribution < -0.4 is 14.8 Å². The summed E-state index contributed by atoms with van der Waals surface area (Å²) in [7, 11) is 5.24. The number of ether oxygens (including phenoxy) is 2. The number of aromatic hydroxyl groups is 1. The molecule has 4 heteroatoms. The van der Waals surface area contributed by atoms with E-state index in [0.717, 1.165) is 28.2 Å². The molecular weight excluding hydrogens is 326 g/mol. The Balaban J connectivity index is 2.22. The second kappa shape index (κ2) is 7.50. The molecule has 26 heavy (non-hydrogen) atoms. The summed E-state index contributed by atoms with van der Waals surface area (Å²) >= 11 is 0. The standard InChI is InChI=1S/C22H23NO3/c1-23-22(16-4-10-19(24)11-5-16,17-6-12-20(25-2)13-7-17)18-8-14-21(26-3)15-9-18/h4-15,23-24H,1-3H3. The molecule has 0 aliphatic rings. The topological polar surface area (TPSA) is 50.7 Å². The molecule has 3 rings (SSSR count). The van der Waals surface area contributed by atoms with Crippen LogP contribution in [-0.4, -0.2) is 26.4 Å². The molecule has 0 unspecified atom stereocenters. The molecule has 3 aromatic rings. The largest absolute Gasteiger partial charge is 0.508 e. The van der Waals surface area contributed by atoms with Gasteiger partial charge in [0.05, 0.1) is 19.8 Å². The maximum Gasteiger partial charge on any atom is 0.118 e.